The molecule has 1 rings (SSSR count). The summed E-state index contributed by atoms with van der Waals surface area (Å²) in [6.07, 6.45) is -0.340. The summed E-state index contributed by atoms with van der Waals surface area (Å²) in [6.45, 7) is 14.4. The Kier molecular flexibility index (Phi) is 5.86. The van der Waals surface area contributed by atoms with E-state index >= 15 is 0 Å². The Morgan fingerprint density at radius 2 is 1.95 bits per heavy atom. The number of hydrogen-bond donors (Lipinski definition) is 1. The van der Waals surface area contributed by atoms with Gasteiger partial charge >= 0.3 is 5.97 Å². The maximum atomic E-state index is 11.9. The van der Waals surface area contributed by atoms with Crippen molar-refractivity contribution in [2.45, 2.75) is 58.9 Å². The van der Waals surface area contributed by atoms with Crippen molar-refractivity contribution in [2.24, 2.45) is 5.92 Å². The molecule has 1 aliphatic heterocycles. The highest BCUT2D eigenvalue weighted by Crippen LogP contribution is 2.40. The SMILES string of the molecule is CCOC(=O)/C(Cl)=C1/NC(=O)[C@@H]1[C@@H](C)O[Si](C)(C)C(C)(C)C. The van der Waals surface area contributed by atoms with Crippen LogP contribution in [0.15, 0.2) is 10.7 Å². The average molecular weight is 348 g/mol. The Bertz CT molecular complexity index is 496. The smallest absolute Gasteiger partial charge is 0.351 e. The summed E-state index contributed by atoms with van der Waals surface area (Å²) in [5, 5.41) is 2.55. The Labute approximate surface area is 138 Å². The van der Waals surface area contributed by atoms with Gasteiger partial charge in [0.2, 0.25) is 5.91 Å². The predicted molar refractivity (Wildman–Crippen MR) is 88.9 cm³/mol. The highest BCUT2D eigenvalue weighted by atomic mass is 35.5. The lowest BCUT2D eigenvalue weighted by Crippen LogP contribution is -2.55. The van der Waals surface area contributed by atoms with Gasteiger partial charge in [-0.1, -0.05) is 32.4 Å². The molecule has 5 nitrogen and oxygen atoms in total. The molecule has 0 aliphatic carbocycles. The Balaban J connectivity index is 2.92. The second kappa shape index (κ2) is 6.72. The number of β-lactam (4-membered cyclic amide) rings is 1. The fraction of sp³-hybridized carbons (Fsp3) is 0.733. The van der Waals surface area contributed by atoms with E-state index in [2.05, 4.69) is 39.2 Å². The molecule has 22 heavy (non-hydrogen) atoms. The monoisotopic (exact) mass is 347 g/mol. The first-order valence-electron chi connectivity index (χ1n) is 7.47. The highest BCUT2D eigenvalue weighted by Gasteiger charge is 2.46. The number of amides is 1. The number of ether oxygens (including phenoxy) is 1. The minimum absolute atomic E-state index is 0.0380. The molecule has 0 spiro atoms. The number of rotatable bonds is 5. The van der Waals surface area contributed by atoms with E-state index in [-0.39, 0.29) is 28.7 Å². The molecule has 0 radical (unpaired) electrons. The first-order valence-corrected chi connectivity index (χ1v) is 10.8. The van der Waals surface area contributed by atoms with Gasteiger partial charge in [-0.3, -0.25) is 4.79 Å². The molecule has 7 heteroatoms. The lowest BCUT2D eigenvalue weighted by Gasteiger charge is -2.42. The van der Waals surface area contributed by atoms with E-state index in [9.17, 15) is 9.59 Å². The summed E-state index contributed by atoms with van der Waals surface area (Å²) in [6, 6.07) is 0. The van der Waals surface area contributed by atoms with Crippen LogP contribution in [0.4, 0.5) is 0 Å². The first-order chi connectivity index (χ1) is 9.92. The molecular formula is C15H26ClNO4Si. The summed E-state index contributed by atoms with van der Waals surface area (Å²) in [4.78, 5) is 23.6. The van der Waals surface area contributed by atoms with Crippen molar-refractivity contribution in [3.63, 3.8) is 0 Å². The van der Waals surface area contributed by atoms with Gasteiger partial charge in [0.25, 0.3) is 0 Å². The molecule has 1 heterocycles. The van der Waals surface area contributed by atoms with Gasteiger partial charge in [0.05, 0.1) is 18.4 Å². The number of carbonyl (C=O) groups is 2. The predicted octanol–water partition coefficient (Wildman–Crippen LogP) is 3.16. The van der Waals surface area contributed by atoms with Gasteiger partial charge in [0.1, 0.15) is 11.0 Å². The van der Waals surface area contributed by atoms with Gasteiger partial charge in [-0.25, -0.2) is 4.79 Å². The van der Waals surface area contributed by atoms with Crippen LogP contribution in [-0.4, -0.2) is 32.9 Å². The molecule has 0 saturated carbocycles. The van der Waals surface area contributed by atoms with E-state index in [1.807, 2.05) is 6.92 Å². The highest BCUT2D eigenvalue weighted by molar-refractivity contribution is 6.74. The normalized spacial score (nSPS) is 22.5. The van der Waals surface area contributed by atoms with Crippen LogP contribution in [0.25, 0.3) is 0 Å². The topological polar surface area (TPSA) is 64.6 Å². The van der Waals surface area contributed by atoms with Crippen LogP contribution < -0.4 is 5.32 Å². The van der Waals surface area contributed by atoms with E-state index in [0.717, 1.165) is 0 Å². The zero-order valence-corrected chi connectivity index (χ0v) is 16.1. The molecule has 1 N–H and O–H groups in total. The Morgan fingerprint density at radius 1 is 1.41 bits per heavy atom. The van der Waals surface area contributed by atoms with Gasteiger partial charge in [-0.05, 0) is 32.0 Å². The number of esters is 1. The van der Waals surface area contributed by atoms with Crippen LogP contribution in [0.2, 0.25) is 18.1 Å². The Hall–Kier alpha value is -0.853. The summed E-state index contributed by atoms with van der Waals surface area (Å²) in [5.74, 6) is -1.33. The van der Waals surface area contributed by atoms with E-state index in [1.165, 1.54) is 0 Å². The number of carbonyl (C=O) groups excluding carboxylic acids is 2. The standard InChI is InChI=1S/C15H26ClNO4Si/c1-8-20-14(19)11(16)12-10(13(18)17-12)9(2)21-22(6,7)15(3,4)5/h9-10H,8H2,1-7H3,(H,17,18)/b12-11-/t9-,10-/m1/s1. The summed E-state index contributed by atoms with van der Waals surface area (Å²) in [7, 11) is -2.01. The summed E-state index contributed by atoms with van der Waals surface area (Å²) < 4.78 is 11.1. The van der Waals surface area contributed by atoms with Crippen molar-refractivity contribution < 1.29 is 18.8 Å². The van der Waals surface area contributed by atoms with E-state index in [1.54, 1.807) is 6.92 Å². The summed E-state index contributed by atoms with van der Waals surface area (Å²) >= 11 is 6.02. The third kappa shape index (κ3) is 3.91. The quantitative estimate of drug-likeness (QED) is 0.359. The molecule has 0 aromatic heterocycles. The largest absolute Gasteiger partial charge is 0.462 e. The van der Waals surface area contributed by atoms with Crippen molar-refractivity contribution in [1.82, 2.24) is 5.32 Å². The number of nitrogens with one attached hydrogen (secondary N) is 1. The maximum absolute atomic E-state index is 11.9. The zero-order valence-electron chi connectivity index (χ0n) is 14.4. The third-order valence-electron chi connectivity index (χ3n) is 4.30. The Morgan fingerprint density at radius 3 is 2.36 bits per heavy atom. The van der Waals surface area contributed by atoms with E-state index < -0.39 is 20.2 Å². The molecule has 0 aromatic rings. The van der Waals surface area contributed by atoms with Gasteiger partial charge in [-0.15, -0.1) is 0 Å². The first kappa shape index (κ1) is 19.2. The number of hydrogen-bond acceptors (Lipinski definition) is 4. The summed E-state index contributed by atoms with van der Waals surface area (Å²) in [5.41, 5.74) is 0.399. The molecule has 0 bridgehead atoms. The molecule has 2 atom stereocenters. The van der Waals surface area contributed by atoms with E-state index in [0.29, 0.717) is 5.70 Å². The molecule has 1 amide bonds. The van der Waals surface area contributed by atoms with Crippen molar-refractivity contribution in [1.29, 1.82) is 0 Å². The molecular weight excluding hydrogens is 322 g/mol. The van der Waals surface area contributed by atoms with Crippen LogP contribution in [0.3, 0.4) is 0 Å². The van der Waals surface area contributed by atoms with Gasteiger partial charge in [0, 0.05) is 0 Å². The number of halogens is 1. The minimum atomic E-state index is -2.01. The molecule has 1 fully saturated rings. The molecule has 0 aromatic carbocycles. The second-order valence-corrected chi connectivity index (χ2v) is 12.1. The maximum Gasteiger partial charge on any atom is 0.351 e. The van der Waals surface area contributed by atoms with Crippen molar-refractivity contribution in [2.75, 3.05) is 6.61 Å². The third-order valence-corrected chi connectivity index (χ3v) is 9.23. The minimum Gasteiger partial charge on any atom is -0.462 e. The fourth-order valence-electron chi connectivity index (χ4n) is 1.99. The van der Waals surface area contributed by atoms with Crippen molar-refractivity contribution in [3.05, 3.63) is 10.7 Å². The lowest BCUT2D eigenvalue weighted by molar-refractivity contribution is -0.138. The van der Waals surface area contributed by atoms with Crippen LogP contribution in [0.5, 0.6) is 0 Å². The molecule has 126 valence electrons. The lowest BCUT2D eigenvalue weighted by atomic mass is 9.91. The van der Waals surface area contributed by atoms with Crippen LogP contribution >= 0.6 is 11.6 Å². The molecule has 1 aliphatic rings. The van der Waals surface area contributed by atoms with E-state index in [4.69, 9.17) is 20.8 Å². The second-order valence-electron chi connectivity index (χ2n) is 7.00. The van der Waals surface area contributed by atoms with Crippen LogP contribution in [-0.2, 0) is 18.8 Å². The zero-order chi connectivity index (χ0) is 17.3. The molecule has 0 unspecified atom stereocenters. The van der Waals surface area contributed by atoms with Crippen LogP contribution in [0.1, 0.15) is 34.6 Å². The van der Waals surface area contributed by atoms with Crippen molar-refractivity contribution in [3.8, 4) is 0 Å². The van der Waals surface area contributed by atoms with Crippen molar-refractivity contribution >= 4 is 31.8 Å². The fourth-order valence-corrected chi connectivity index (χ4v) is 3.63. The van der Waals surface area contributed by atoms with Gasteiger partial charge < -0.3 is 14.5 Å². The van der Waals surface area contributed by atoms with Gasteiger partial charge in [-0.2, -0.15) is 0 Å². The average Bonchev–Trinajstić information content (AvgIpc) is 2.32. The van der Waals surface area contributed by atoms with Gasteiger partial charge in [0.15, 0.2) is 8.32 Å². The molecule has 1 saturated heterocycles. The van der Waals surface area contributed by atoms with Crippen LogP contribution in [0, 0.1) is 5.92 Å².